The Kier molecular flexibility index (Phi) is 5.03. The molecule has 0 radical (unpaired) electrons. The van der Waals surface area contributed by atoms with Crippen molar-refractivity contribution in [1.29, 1.82) is 5.26 Å². The van der Waals surface area contributed by atoms with E-state index in [9.17, 15) is 10.1 Å². The van der Waals surface area contributed by atoms with Crippen molar-refractivity contribution in [3.8, 4) is 6.07 Å². The maximum absolute atomic E-state index is 12.5. The van der Waals surface area contributed by atoms with Gasteiger partial charge in [0.1, 0.15) is 17.6 Å². The van der Waals surface area contributed by atoms with Crippen molar-refractivity contribution in [3.05, 3.63) is 40.3 Å². The molecule has 2 aromatic heterocycles. The zero-order valence-corrected chi connectivity index (χ0v) is 16.5. The third kappa shape index (κ3) is 3.59. The van der Waals surface area contributed by atoms with Crippen LogP contribution in [0.15, 0.2) is 12.1 Å². The van der Waals surface area contributed by atoms with E-state index in [1.54, 1.807) is 17.8 Å². The van der Waals surface area contributed by atoms with Crippen molar-refractivity contribution in [2.24, 2.45) is 7.05 Å². The number of aromatic nitrogens is 3. The van der Waals surface area contributed by atoms with E-state index in [-0.39, 0.29) is 11.9 Å². The first-order valence-electron chi connectivity index (χ1n) is 10.0. The maximum atomic E-state index is 12.5. The topological polar surface area (TPSA) is 86.8 Å². The van der Waals surface area contributed by atoms with E-state index in [0.717, 1.165) is 56.0 Å². The molecule has 2 aliphatic rings. The van der Waals surface area contributed by atoms with Gasteiger partial charge in [0.2, 0.25) is 0 Å². The third-order valence-electron chi connectivity index (χ3n) is 5.77. The number of pyridine rings is 1. The highest BCUT2D eigenvalue weighted by molar-refractivity contribution is 5.92. The van der Waals surface area contributed by atoms with Crippen molar-refractivity contribution in [3.63, 3.8) is 0 Å². The third-order valence-corrected chi connectivity index (χ3v) is 5.77. The van der Waals surface area contributed by atoms with Gasteiger partial charge >= 0.3 is 0 Å². The number of rotatable bonds is 3. The second kappa shape index (κ2) is 7.63. The van der Waals surface area contributed by atoms with E-state index in [0.29, 0.717) is 11.3 Å². The zero-order valence-electron chi connectivity index (χ0n) is 16.5. The van der Waals surface area contributed by atoms with Crippen molar-refractivity contribution < 1.29 is 4.79 Å². The lowest BCUT2D eigenvalue weighted by atomic mass is 9.94. The molecule has 0 spiro atoms. The fraction of sp³-hybridized carbons (Fsp3) is 0.524. The number of hydrogen-bond donors (Lipinski definition) is 1. The first-order chi connectivity index (χ1) is 13.5. The SMILES string of the molecule is Cc1cc(C(=O)NC2CCN(c3nc4c(cc3C#N)CCCC4)CC2)n(C)n1. The molecule has 0 bridgehead atoms. The molecule has 1 aliphatic carbocycles. The largest absolute Gasteiger partial charge is 0.355 e. The van der Waals surface area contributed by atoms with Crippen LogP contribution in [0.3, 0.4) is 0 Å². The molecule has 1 aliphatic heterocycles. The number of fused-ring (bicyclic) bond motifs is 1. The number of carbonyl (C=O) groups is 1. The summed E-state index contributed by atoms with van der Waals surface area (Å²) in [5, 5.41) is 17.0. The van der Waals surface area contributed by atoms with E-state index in [1.165, 1.54) is 18.4 Å². The van der Waals surface area contributed by atoms with Crippen molar-refractivity contribution in [1.82, 2.24) is 20.1 Å². The number of hydrogen-bond acceptors (Lipinski definition) is 5. The molecule has 7 heteroatoms. The average Bonchev–Trinajstić information content (AvgIpc) is 3.05. The van der Waals surface area contributed by atoms with E-state index in [2.05, 4.69) is 21.4 Å². The fourth-order valence-electron chi connectivity index (χ4n) is 4.26. The molecule has 1 N–H and O–H groups in total. The summed E-state index contributed by atoms with van der Waals surface area (Å²) >= 11 is 0. The Labute approximate surface area is 165 Å². The van der Waals surface area contributed by atoms with E-state index >= 15 is 0 Å². The van der Waals surface area contributed by atoms with Crippen LogP contribution in [0, 0.1) is 18.3 Å². The van der Waals surface area contributed by atoms with Crippen LogP contribution in [0.5, 0.6) is 0 Å². The normalized spacial score (nSPS) is 17.1. The van der Waals surface area contributed by atoms with Crippen molar-refractivity contribution in [2.75, 3.05) is 18.0 Å². The predicted molar refractivity (Wildman–Crippen MR) is 106 cm³/mol. The highest BCUT2D eigenvalue weighted by atomic mass is 16.2. The first kappa shape index (κ1) is 18.5. The highest BCUT2D eigenvalue weighted by Crippen LogP contribution is 2.28. The Bertz CT molecular complexity index is 933. The molecule has 4 rings (SSSR count). The zero-order chi connectivity index (χ0) is 19.7. The second-order valence-corrected chi connectivity index (χ2v) is 7.81. The van der Waals surface area contributed by atoms with Gasteiger partial charge in [0.25, 0.3) is 5.91 Å². The van der Waals surface area contributed by atoms with Gasteiger partial charge in [-0.05, 0) is 63.1 Å². The molecule has 1 amide bonds. The van der Waals surface area contributed by atoms with Gasteiger partial charge in [-0.15, -0.1) is 0 Å². The number of carbonyl (C=O) groups excluding carboxylic acids is 1. The molecule has 0 atom stereocenters. The molecule has 3 heterocycles. The molecule has 146 valence electrons. The number of nitrogens with zero attached hydrogens (tertiary/aromatic N) is 5. The number of anilines is 1. The van der Waals surface area contributed by atoms with Crippen LogP contribution in [0.4, 0.5) is 5.82 Å². The quantitative estimate of drug-likeness (QED) is 0.885. The highest BCUT2D eigenvalue weighted by Gasteiger charge is 2.26. The lowest BCUT2D eigenvalue weighted by molar-refractivity contribution is 0.0921. The number of nitriles is 1. The van der Waals surface area contributed by atoms with Gasteiger partial charge in [-0.25, -0.2) is 4.98 Å². The van der Waals surface area contributed by atoms with Gasteiger partial charge in [0.05, 0.1) is 11.3 Å². The molecule has 0 aromatic carbocycles. The lowest BCUT2D eigenvalue weighted by Gasteiger charge is -2.34. The molecule has 0 unspecified atom stereocenters. The van der Waals surface area contributed by atoms with Crippen LogP contribution in [0.1, 0.15) is 58.7 Å². The minimum atomic E-state index is -0.0776. The Hall–Kier alpha value is -2.88. The van der Waals surface area contributed by atoms with E-state index in [4.69, 9.17) is 4.98 Å². The van der Waals surface area contributed by atoms with Crippen LogP contribution in [-0.4, -0.2) is 39.8 Å². The molecule has 0 saturated carbocycles. The molecule has 28 heavy (non-hydrogen) atoms. The minimum absolute atomic E-state index is 0.0776. The Morgan fingerprint density at radius 1 is 1.25 bits per heavy atom. The maximum Gasteiger partial charge on any atom is 0.269 e. The van der Waals surface area contributed by atoms with Crippen molar-refractivity contribution in [2.45, 2.75) is 51.5 Å². The standard InChI is InChI=1S/C21H26N6O/c1-14-11-19(26(2)25-14)21(28)23-17-7-9-27(10-8-17)20-16(13-22)12-15-5-3-4-6-18(15)24-20/h11-12,17H,3-10H2,1-2H3,(H,23,28). The monoisotopic (exact) mass is 378 g/mol. The molecule has 2 aromatic rings. The summed E-state index contributed by atoms with van der Waals surface area (Å²) in [5.41, 5.74) is 4.49. The summed E-state index contributed by atoms with van der Waals surface area (Å²) in [5.74, 6) is 0.737. The summed E-state index contributed by atoms with van der Waals surface area (Å²) in [6.45, 7) is 3.46. The van der Waals surface area contributed by atoms with Gasteiger partial charge in [0, 0.05) is 31.9 Å². The van der Waals surface area contributed by atoms with Crippen molar-refractivity contribution >= 4 is 11.7 Å². The van der Waals surface area contributed by atoms with Gasteiger partial charge in [-0.3, -0.25) is 9.48 Å². The fourth-order valence-corrected chi connectivity index (χ4v) is 4.26. The predicted octanol–water partition coefficient (Wildman–Crippen LogP) is 2.27. The number of piperidine rings is 1. The summed E-state index contributed by atoms with van der Waals surface area (Å²) in [6.07, 6.45) is 6.06. The van der Waals surface area contributed by atoms with Crippen LogP contribution in [0.25, 0.3) is 0 Å². The van der Waals surface area contributed by atoms with Gasteiger partial charge < -0.3 is 10.2 Å². The van der Waals surface area contributed by atoms with Gasteiger partial charge in [0.15, 0.2) is 0 Å². The van der Waals surface area contributed by atoms with Gasteiger partial charge in [-0.1, -0.05) is 0 Å². The number of nitrogens with one attached hydrogen (secondary N) is 1. The smallest absolute Gasteiger partial charge is 0.269 e. The number of amides is 1. The second-order valence-electron chi connectivity index (χ2n) is 7.81. The molecule has 1 fully saturated rings. The van der Waals surface area contributed by atoms with Gasteiger partial charge in [-0.2, -0.15) is 10.4 Å². The number of aryl methyl sites for hydroxylation is 4. The Morgan fingerprint density at radius 3 is 2.68 bits per heavy atom. The van der Waals surface area contributed by atoms with Crippen LogP contribution < -0.4 is 10.2 Å². The Balaban J connectivity index is 1.42. The molecular formula is C21H26N6O. The summed E-state index contributed by atoms with van der Waals surface area (Å²) < 4.78 is 1.62. The average molecular weight is 378 g/mol. The summed E-state index contributed by atoms with van der Waals surface area (Å²) in [7, 11) is 1.79. The summed E-state index contributed by atoms with van der Waals surface area (Å²) in [6, 6.07) is 6.30. The molecule has 7 nitrogen and oxygen atoms in total. The molecule has 1 saturated heterocycles. The minimum Gasteiger partial charge on any atom is -0.355 e. The van der Waals surface area contributed by atoms with E-state index in [1.807, 2.05) is 13.0 Å². The van der Waals surface area contributed by atoms with Crippen LogP contribution in [-0.2, 0) is 19.9 Å². The first-order valence-corrected chi connectivity index (χ1v) is 10.0. The molecular weight excluding hydrogens is 352 g/mol. The van der Waals surface area contributed by atoms with Crippen LogP contribution in [0.2, 0.25) is 0 Å². The van der Waals surface area contributed by atoms with Crippen LogP contribution >= 0.6 is 0 Å². The summed E-state index contributed by atoms with van der Waals surface area (Å²) in [4.78, 5) is 19.6. The Morgan fingerprint density at radius 2 is 2.00 bits per heavy atom. The van der Waals surface area contributed by atoms with E-state index < -0.39 is 0 Å². The lowest BCUT2D eigenvalue weighted by Crippen LogP contribution is -2.45.